The first kappa shape index (κ1) is 26.4. The van der Waals surface area contributed by atoms with Crippen molar-refractivity contribution in [1.29, 1.82) is 0 Å². The van der Waals surface area contributed by atoms with Gasteiger partial charge in [0.15, 0.2) is 0 Å². The molecule has 1 atom stereocenters. The van der Waals surface area contributed by atoms with Crippen molar-refractivity contribution in [2.45, 2.75) is 33.4 Å². The van der Waals surface area contributed by atoms with Crippen LogP contribution in [0.5, 0.6) is 0 Å². The minimum Gasteiger partial charge on any atom is -0.478 e. The number of hydrogen-bond donors (Lipinski definition) is 2. The lowest BCUT2D eigenvalue weighted by atomic mass is 9.98. The summed E-state index contributed by atoms with van der Waals surface area (Å²) in [6, 6.07) is 28.8. The standard InChI is InChI=1S/C33H29BrN2O3/c1-20-22(3)36(19-27-7-4-5-10-29(27)24-8-6-9-26(17-24)33(38)39)31-16-13-25(18-30(20)31)32(37)35-21(2)23-11-14-28(34)15-12-23/h4-18,21H,19H2,1-3H3,(H,35,37)(H,38,39)/t21-/m0/s1. The third kappa shape index (κ3) is 5.38. The van der Waals surface area contributed by atoms with Crippen LogP contribution in [-0.4, -0.2) is 21.6 Å². The van der Waals surface area contributed by atoms with Crippen molar-refractivity contribution in [3.63, 3.8) is 0 Å². The number of nitrogens with one attached hydrogen (secondary N) is 1. The smallest absolute Gasteiger partial charge is 0.335 e. The van der Waals surface area contributed by atoms with E-state index in [1.165, 1.54) is 0 Å². The van der Waals surface area contributed by atoms with E-state index in [0.717, 1.165) is 48.9 Å². The molecule has 0 saturated heterocycles. The van der Waals surface area contributed by atoms with Crippen LogP contribution in [0, 0.1) is 13.8 Å². The maximum absolute atomic E-state index is 13.1. The molecule has 4 aromatic carbocycles. The Balaban J connectivity index is 1.45. The second-order valence-corrected chi connectivity index (χ2v) is 10.7. The highest BCUT2D eigenvalue weighted by molar-refractivity contribution is 9.10. The molecule has 0 fully saturated rings. The Morgan fingerprint density at radius 1 is 0.897 bits per heavy atom. The van der Waals surface area contributed by atoms with Crippen LogP contribution >= 0.6 is 15.9 Å². The first-order chi connectivity index (χ1) is 18.7. The highest BCUT2D eigenvalue weighted by Gasteiger charge is 2.17. The van der Waals surface area contributed by atoms with E-state index in [0.29, 0.717) is 12.1 Å². The predicted molar refractivity (Wildman–Crippen MR) is 159 cm³/mol. The van der Waals surface area contributed by atoms with Gasteiger partial charge in [0.1, 0.15) is 0 Å². The molecule has 5 nitrogen and oxygen atoms in total. The van der Waals surface area contributed by atoms with Gasteiger partial charge in [-0.1, -0.05) is 64.5 Å². The highest BCUT2D eigenvalue weighted by atomic mass is 79.9. The van der Waals surface area contributed by atoms with Gasteiger partial charge in [0.05, 0.1) is 11.6 Å². The number of aryl methyl sites for hydroxylation is 1. The molecule has 0 bridgehead atoms. The van der Waals surface area contributed by atoms with E-state index >= 15 is 0 Å². The summed E-state index contributed by atoms with van der Waals surface area (Å²) in [6.45, 7) is 6.78. The van der Waals surface area contributed by atoms with Crippen LogP contribution in [0.3, 0.4) is 0 Å². The quantitative estimate of drug-likeness (QED) is 0.205. The number of carboxylic acid groups (broad SMARTS) is 1. The number of nitrogens with zero attached hydrogens (tertiary/aromatic N) is 1. The average Bonchev–Trinajstić information content (AvgIpc) is 3.18. The van der Waals surface area contributed by atoms with Crippen LogP contribution in [0.1, 0.15) is 56.1 Å². The molecule has 1 aromatic heterocycles. The van der Waals surface area contributed by atoms with Crippen molar-refractivity contribution in [3.05, 3.63) is 129 Å². The summed E-state index contributed by atoms with van der Waals surface area (Å²) in [6.07, 6.45) is 0. The zero-order valence-corrected chi connectivity index (χ0v) is 23.6. The number of carbonyl (C=O) groups is 2. The Morgan fingerprint density at radius 2 is 1.64 bits per heavy atom. The van der Waals surface area contributed by atoms with Gasteiger partial charge in [-0.3, -0.25) is 4.79 Å². The number of halogens is 1. The molecule has 196 valence electrons. The molecule has 0 aliphatic heterocycles. The number of aromatic nitrogens is 1. The number of rotatable bonds is 7. The van der Waals surface area contributed by atoms with Gasteiger partial charge in [-0.15, -0.1) is 0 Å². The molecule has 39 heavy (non-hydrogen) atoms. The fourth-order valence-corrected chi connectivity index (χ4v) is 5.30. The Hall–Kier alpha value is -4.16. The molecule has 0 radical (unpaired) electrons. The van der Waals surface area contributed by atoms with Crippen molar-refractivity contribution in [3.8, 4) is 11.1 Å². The maximum Gasteiger partial charge on any atom is 0.335 e. The fraction of sp³-hybridized carbons (Fsp3) is 0.152. The summed E-state index contributed by atoms with van der Waals surface area (Å²) in [5, 5.41) is 13.6. The van der Waals surface area contributed by atoms with Gasteiger partial charge >= 0.3 is 5.97 Å². The van der Waals surface area contributed by atoms with Gasteiger partial charge in [-0.2, -0.15) is 0 Å². The van der Waals surface area contributed by atoms with Crippen LogP contribution in [0.25, 0.3) is 22.0 Å². The normalized spacial score (nSPS) is 11.9. The molecule has 0 aliphatic carbocycles. The van der Waals surface area contributed by atoms with Crippen molar-refractivity contribution in [2.75, 3.05) is 0 Å². The van der Waals surface area contributed by atoms with Gasteiger partial charge in [-0.05, 0) is 91.1 Å². The first-order valence-corrected chi connectivity index (χ1v) is 13.6. The molecular formula is C33H29BrN2O3. The van der Waals surface area contributed by atoms with Gasteiger partial charge in [0.25, 0.3) is 5.91 Å². The number of fused-ring (bicyclic) bond motifs is 1. The topological polar surface area (TPSA) is 71.3 Å². The molecule has 1 amide bonds. The van der Waals surface area contributed by atoms with E-state index in [4.69, 9.17) is 0 Å². The lowest BCUT2D eigenvalue weighted by molar-refractivity contribution is 0.0696. The van der Waals surface area contributed by atoms with Crippen LogP contribution in [-0.2, 0) is 6.54 Å². The number of amides is 1. The monoisotopic (exact) mass is 580 g/mol. The number of benzene rings is 4. The van der Waals surface area contributed by atoms with E-state index in [1.807, 2.05) is 73.7 Å². The molecule has 5 rings (SSSR count). The number of carboxylic acids is 1. The SMILES string of the molecule is Cc1c(C)n(Cc2ccccc2-c2cccc(C(=O)O)c2)c2ccc(C(=O)N[C@@H](C)c3ccc(Br)cc3)cc12. The van der Waals surface area contributed by atoms with E-state index in [9.17, 15) is 14.7 Å². The van der Waals surface area contributed by atoms with E-state index in [-0.39, 0.29) is 17.5 Å². The van der Waals surface area contributed by atoms with Crippen LogP contribution in [0.2, 0.25) is 0 Å². The minimum absolute atomic E-state index is 0.110. The molecule has 0 aliphatic rings. The van der Waals surface area contributed by atoms with Crippen molar-refractivity contribution < 1.29 is 14.7 Å². The van der Waals surface area contributed by atoms with Crippen molar-refractivity contribution in [2.24, 2.45) is 0 Å². The summed E-state index contributed by atoms with van der Waals surface area (Å²) < 4.78 is 3.26. The molecule has 0 spiro atoms. The average molecular weight is 582 g/mol. The van der Waals surface area contributed by atoms with Gasteiger partial charge in [0, 0.05) is 33.2 Å². The van der Waals surface area contributed by atoms with Gasteiger partial charge in [-0.25, -0.2) is 4.79 Å². The summed E-state index contributed by atoms with van der Waals surface area (Å²) in [4.78, 5) is 24.7. The molecule has 0 unspecified atom stereocenters. The molecule has 0 saturated carbocycles. The maximum atomic E-state index is 13.1. The largest absolute Gasteiger partial charge is 0.478 e. The second-order valence-electron chi connectivity index (χ2n) is 9.82. The van der Waals surface area contributed by atoms with Crippen molar-refractivity contribution in [1.82, 2.24) is 9.88 Å². The second kappa shape index (κ2) is 10.9. The lowest BCUT2D eigenvalue weighted by Crippen LogP contribution is -2.26. The van der Waals surface area contributed by atoms with Crippen molar-refractivity contribution >= 4 is 38.7 Å². The molecule has 2 N–H and O–H groups in total. The van der Waals surface area contributed by atoms with E-state index in [2.05, 4.69) is 45.7 Å². The molecule has 5 aromatic rings. The van der Waals surface area contributed by atoms with Crippen LogP contribution in [0.4, 0.5) is 0 Å². The van der Waals surface area contributed by atoms with Crippen LogP contribution in [0.15, 0.2) is 95.5 Å². The summed E-state index contributed by atoms with van der Waals surface area (Å²) in [7, 11) is 0. The Morgan fingerprint density at radius 3 is 2.38 bits per heavy atom. The summed E-state index contributed by atoms with van der Waals surface area (Å²) in [5.41, 5.74) is 8.19. The zero-order valence-electron chi connectivity index (χ0n) is 22.0. The summed E-state index contributed by atoms with van der Waals surface area (Å²) >= 11 is 3.45. The summed E-state index contributed by atoms with van der Waals surface area (Å²) in [5.74, 6) is -1.05. The number of hydrogen-bond acceptors (Lipinski definition) is 2. The molecular weight excluding hydrogens is 552 g/mol. The lowest BCUT2D eigenvalue weighted by Gasteiger charge is -2.15. The van der Waals surface area contributed by atoms with Crippen LogP contribution < -0.4 is 5.32 Å². The number of aromatic carboxylic acids is 1. The third-order valence-corrected chi connectivity index (χ3v) is 7.91. The van der Waals surface area contributed by atoms with E-state index in [1.54, 1.807) is 18.2 Å². The Kier molecular flexibility index (Phi) is 7.40. The third-order valence-electron chi connectivity index (χ3n) is 7.39. The Bertz CT molecular complexity index is 1700. The molecule has 1 heterocycles. The Labute approximate surface area is 236 Å². The fourth-order valence-electron chi connectivity index (χ4n) is 5.04. The minimum atomic E-state index is -0.941. The van der Waals surface area contributed by atoms with Gasteiger partial charge in [0.2, 0.25) is 0 Å². The van der Waals surface area contributed by atoms with Gasteiger partial charge < -0.3 is 15.0 Å². The number of carbonyl (C=O) groups excluding carboxylic acids is 1. The highest BCUT2D eigenvalue weighted by Crippen LogP contribution is 2.31. The predicted octanol–water partition coefficient (Wildman–Crippen LogP) is 7.93. The molecule has 6 heteroatoms. The zero-order chi connectivity index (χ0) is 27.7. The van der Waals surface area contributed by atoms with E-state index < -0.39 is 5.97 Å². The first-order valence-electron chi connectivity index (χ1n) is 12.8.